The van der Waals surface area contributed by atoms with Gasteiger partial charge in [0.1, 0.15) is 5.82 Å². The third-order valence-corrected chi connectivity index (χ3v) is 6.14. The summed E-state index contributed by atoms with van der Waals surface area (Å²) in [5, 5.41) is 7.24. The van der Waals surface area contributed by atoms with Crippen LogP contribution in [0.2, 0.25) is 0 Å². The largest absolute Gasteiger partial charge is 0.368 e. The van der Waals surface area contributed by atoms with E-state index in [4.69, 9.17) is 0 Å². The van der Waals surface area contributed by atoms with Crippen molar-refractivity contribution in [2.24, 2.45) is 0 Å². The molecule has 1 N–H and O–H groups in total. The lowest BCUT2D eigenvalue weighted by Crippen LogP contribution is -2.49. The molecule has 1 aliphatic heterocycles. The minimum atomic E-state index is -0.370. The number of aryl methyl sites for hydroxylation is 1. The van der Waals surface area contributed by atoms with Crippen molar-refractivity contribution in [3.63, 3.8) is 0 Å². The fourth-order valence-corrected chi connectivity index (χ4v) is 4.26. The molecule has 0 bridgehead atoms. The van der Waals surface area contributed by atoms with Crippen molar-refractivity contribution in [1.29, 1.82) is 0 Å². The molecule has 0 unspecified atom stereocenters. The second kappa shape index (κ2) is 10.5. The number of carbonyl (C=O) groups excluding carboxylic acids is 2. The molecular weight excluding hydrogens is 428 g/mol. The molecule has 1 saturated heterocycles. The summed E-state index contributed by atoms with van der Waals surface area (Å²) >= 11 is 0. The Morgan fingerprint density at radius 1 is 0.971 bits per heavy atom. The number of benzene rings is 2. The van der Waals surface area contributed by atoms with Crippen LogP contribution in [-0.4, -0.2) is 64.2 Å². The smallest absolute Gasteiger partial charge is 0.290 e. The van der Waals surface area contributed by atoms with Crippen LogP contribution < -0.4 is 10.2 Å². The Kier molecular flexibility index (Phi) is 7.25. The predicted molar refractivity (Wildman–Crippen MR) is 132 cm³/mol. The normalized spacial score (nSPS) is 13.9. The summed E-state index contributed by atoms with van der Waals surface area (Å²) in [5.74, 6) is 0.752. The summed E-state index contributed by atoms with van der Waals surface area (Å²) in [5.41, 5.74) is 3.24. The summed E-state index contributed by atoms with van der Waals surface area (Å²) < 4.78 is 1.71. The highest BCUT2D eigenvalue weighted by Gasteiger charge is 2.22. The van der Waals surface area contributed by atoms with Crippen molar-refractivity contribution >= 4 is 17.5 Å². The van der Waals surface area contributed by atoms with Crippen LogP contribution in [0.5, 0.6) is 0 Å². The lowest BCUT2D eigenvalue weighted by atomic mass is 10.0. The number of hydrogen-bond donors (Lipinski definition) is 1. The summed E-state index contributed by atoms with van der Waals surface area (Å²) in [6, 6.07) is 18.2. The molecule has 2 amide bonds. The van der Waals surface area contributed by atoms with Gasteiger partial charge in [0.15, 0.2) is 0 Å². The number of hydrogen-bond acceptors (Lipinski definition) is 5. The number of anilines is 1. The van der Waals surface area contributed by atoms with E-state index in [0.29, 0.717) is 24.8 Å². The van der Waals surface area contributed by atoms with Crippen molar-refractivity contribution in [2.75, 3.05) is 37.6 Å². The number of amides is 2. The van der Waals surface area contributed by atoms with E-state index in [2.05, 4.69) is 52.3 Å². The van der Waals surface area contributed by atoms with Crippen LogP contribution in [0.1, 0.15) is 48.2 Å². The molecule has 2 heterocycles. The Bertz CT molecular complexity index is 1130. The van der Waals surface area contributed by atoms with Crippen LogP contribution in [0, 0.1) is 6.92 Å². The minimum absolute atomic E-state index is 0.0496. The predicted octanol–water partition coefficient (Wildman–Crippen LogP) is 3.17. The molecule has 1 aliphatic rings. The number of nitrogens with zero attached hydrogens (tertiary/aromatic N) is 5. The third kappa shape index (κ3) is 5.27. The number of carbonyl (C=O) groups is 2. The highest BCUT2D eigenvalue weighted by Crippen LogP contribution is 2.23. The van der Waals surface area contributed by atoms with Crippen molar-refractivity contribution in [1.82, 2.24) is 25.0 Å². The van der Waals surface area contributed by atoms with E-state index in [1.165, 1.54) is 5.69 Å². The van der Waals surface area contributed by atoms with E-state index in [-0.39, 0.29) is 30.6 Å². The van der Waals surface area contributed by atoms with Crippen molar-refractivity contribution in [2.45, 2.75) is 33.1 Å². The van der Waals surface area contributed by atoms with E-state index in [1.807, 2.05) is 48.2 Å². The van der Waals surface area contributed by atoms with Crippen LogP contribution in [0.25, 0.3) is 5.69 Å². The molecule has 1 fully saturated rings. The monoisotopic (exact) mass is 460 g/mol. The van der Waals surface area contributed by atoms with E-state index < -0.39 is 0 Å². The van der Waals surface area contributed by atoms with Gasteiger partial charge in [0, 0.05) is 44.8 Å². The van der Waals surface area contributed by atoms with Crippen LogP contribution >= 0.6 is 0 Å². The Hall–Kier alpha value is -3.68. The number of para-hydroxylation sites is 2. The van der Waals surface area contributed by atoms with Gasteiger partial charge in [-0.15, -0.1) is 5.10 Å². The first-order valence-corrected chi connectivity index (χ1v) is 11.8. The lowest BCUT2D eigenvalue weighted by Gasteiger charge is -2.36. The molecule has 34 heavy (non-hydrogen) atoms. The van der Waals surface area contributed by atoms with Crippen LogP contribution in [0.15, 0.2) is 54.6 Å². The molecule has 0 aliphatic carbocycles. The number of piperazine rings is 1. The van der Waals surface area contributed by atoms with Crippen molar-refractivity contribution < 1.29 is 9.59 Å². The van der Waals surface area contributed by atoms with Gasteiger partial charge in [0.05, 0.1) is 5.69 Å². The van der Waals surface area contributed by atoms with Crippen molar-refractivity contribution in [3.8, 4) is 5.69 Å². The van der Waals surface area contributed by atoms with E-state index in [1.54, 1.807) is 4.68 Å². The Balaban J connectivity index is 1.29. The van der Waals surface area contributed by atoms with Gasteiger partial charge in [0.2, 0.25) is 11.7 Å². The fourth-order valence-electron chi connectivity index (χ4n) is 4.26. The molecule has 4 rings (SSSR count). The summed E-state index contributed by atoms with van der Waals surface area (Å²) in [7, 11) is 0. The molecule has 178 valence electrons. The van der Waals surface area contributed by atoms with Gasteiger partial charge < -0.3 is 15.1 Å². The first-order valence-electron chi connectivity index (χ1n) is 11.8. The number of rotatable bonds is 7. The van der Waals surface area contributed by atoms with Gasteiger partial charge >= 0.3 is 0 Å². The molecule has 1 aromatic heterocycles. The van der Waals surface area contributed by atoms with Gasteiger partial charge in [0.25, 0.3) is 5.91 Å². The van der Waals surface area contributed by atoms with Crippen LogP contribution in [-0.2, 0) is 4.79 Å². The molecule has 0 atom stereocenters. The summed E-state index contributed by atoms with van der Waals surface area (Å²) in [6.45, 7) is 9.31. The molecule has 3 aromatic rings. The molecular formula is C26H32N6O2. The second-order valence-electron chi connectivity index (χ2n) is 8.82. The van der Waals surface area contributed by atoms with Gasteiger partial charge in [-0.05, 0) is 36.6 Å². The quantitative estimate of drug-likeness (QED) is 0.586. The Morgan fingerprint density at radius 2 is 1.65 bits per heavy atom. The first-order chi connectivity index (χ1) is 16.4. The molecule has 0 saturated carbocycles. The van der Waals surface area contributed by atoms with E-state index >= 15 is 0 Å². The standard InChI is InChI=1S/C26H32N6O2/c1-19(2)22-11-7-8-12-23(22)32-20(3)28-25(29-32)26(34)27-14-13-24(33)31-17-15-30(16-18-31)21-9-5-4-6-10-21/h4-12,19H,13-18H2,1-3H3,(H,27,34). The molecule has 0 radical (unpaired) electrons. The van der Waals surface area contributed by atoms with E-state index in [0.717, 1.165) is 24.3 Å². The third-order valence-electron chi connectivity index (χ3n) is 6.14. The fraction of sp³-hybridized carbons (Fsp3) is 0.385. The van der Waals surface area contributed by atoms with Crippen LogP contribution in [0.4, 0.5) is 5.69 Å². The van der Waals surface area contributed by atoms with Crippen molar-refractivity contribution in [3.05, 3.63) is 71.8 Å². The van der Waals surface area contributed by atoms with Gasteiger partial charge in [-0.25, -0.2) is 9.67 Å². The van der Waals surface area contributed by atoms with Crippen LogP contribution in [0.3, 0.4) is 0 Å². The number of nitrogens with one attached hydrogen (secondary N) is 1. The maximum absolute atomic E-state index is 12.6. The second-order valence-corrected chi connectivity index (χ2v) is 8.82. The maximum atomic E-state index is 12.6. The van der Waals surface area contributed by atoms with Gasteiger partial charge in [-0.2, -0.15) is 0 Å². The zero-order valence-corrected chi connectivity index (χ0v) is 20.1. The minimum Gasteiger partial charge on any atom is -0.368 e. The molecule has 0 spiro atoms. The zero-order chi connectivity index (χ0) is 24.1. The molecule has 8 nitrogen and oxygen atoms in total. The zero-order valence-electron chi connectivity index (χ0n) is 20.1. The summed E-state index contributed by atoms with van der Waals surface area (Å²) in [4.78, 5) is 33.8. The SMILES string of the molecule is Cc1nc(C(=O)NCCC(=O)N2CCN(c3ccccc3)CC2)nn1-c1ccccc1C(C)C. The maximum Gasteiger partial charge on any atom is 0.290 e. The Labute approximate surface area is 200 Å². The highest BCUT2D eigenvalue weighted by atomic mass is 16.2. The average molecular weight is 461 g/mol. The van der Waals surface area contributed by atoms with Gasteiger partial charge in [-0.3, -0.25) is 9.59 Å². The van der Waals surface area contributed by atoms with E-state index in [9.17, 15) is 9.59 Å². The van der Waals surface area contributed by atoms with Gasteiger partial charge in [-0.1, -0.05) is 50.2 Å². The topological polar surface area (TPSA) is 83.4 Å². The molecule has 8 heteroatoms. The Morgan fingerprint density at radius 3 is 2.35 bits per heavy atom. The first kappa shape index (κ1) is 23.5. The summed E-state index contributed by atoms with van der Waals surface area (Å²) in [6.07, 6.45) is 0.257. The molecule has 2 aromatic carbocycles. The lowest BCUT2D eigenvalue weighted by molar-refractivity contribution is -0.131. The highest BCUT2D eigenvalue weighted by molar-refractivity contribution is 5.90. The average Bonchev–Trinajstić information content (AvgIpc) is 3.26. The number of aromatic nitrogens is 3.